The maximum Gasteiger partial charge on any atom is 0.274 e. The van der Waals surface area contributed by atoms with Crippen LogP contribution in [0.4, 0.5) is 0 Å². The van der Waals surface area contributed by atoms with Crippen molar-refractivity contribution < 1.29 is 24.4 Å². The predicted molar refractivity (Wildman–Crippen MR) is 114 cm³/mol. The van der Waals surface area contributed by atoms with E-state index in [4.69, 9.17) is 5.21 Å². The van der Waals surface area contributed by atoms with E-state index in [-0.39, 0.29) is 30.3 Å². The molecule has 0 aromatic heterocycles. The average Bonchev–Trinajstić information content (AvgIpc) is 2.93. The number of hydrogen-bond acceptors (Lipinski definition) is 5. The number of fused-ring (bicyclic) bond motifs is 1. The number of nitrogens with one attached hydrogen (secondary N) is 1. The minimum absolute atomic E-state index is 0.00945. The molecule has 3 rings (SSSR count). The lowest BCUT2D eigenvalue weighted by atomic mass is 9.98. The molecule has 1 aliphatic rings. The van der Waals surface area contributed by atoms with Crippen LogP contribution in [-0.2, 0) is 35.4 Å². The Morgan fingerprint density at radius 3 is 2.13 bits per heavy atom. The largest absolute Gasteiger partial charge is 0.334 e. The van der Waals surface area contributed by atoms with Gasteiger partial charge in [0.25, 0.3) is 11.8 Å². The molecular formula is C24H26N2O5. The first-order valence-corrected chi connectivity index (χ1v) is 10.2. The molecule has 0 atom stereocenters. The zero-order chi connectivity index (χ0) is 22.5. The molecule has 7 heteroatoms. The molecule has 0 bridgehead atoms. The van der Waals surface area contributed by atoms with E-state index in [1.54, 1.807) is 40.7 Å². The summed E-state index contributed by atoms with van der Waals surface area (Å²) >= 11 is 0. The fourth-order valence-corrected chi connectivity index (χ4v) is 3.98. The fourth-order valence-electron chi connectivity index (χ4n) is 3.98. The van der Waals surface area contributed by atoms with Gasteiger partial charge in [0.2, 0.25) is 0 Å². The number of carbonyl (C=O) groups excluding carboxylic acids is 4. The number of amides is 2. The molecular weight excluding hydrogens is 396 g/mol. The molecule has 2 aromatic carbocycles. The molecule has 7 nitrogen and oxygen atoms in total. The number of hydroxylamine groups is 1. The van der Waals surface area contributed by atoms with E-state index >= 15 is 0 Å². The van der Waals surface area contributed by atoms with Crippen LogP contribution >= 0.6 is 0 Å². The fraction of sp³-hybridized carbons (Fsp3) is 0.333. The molecule has 0 aliphatic carbocycles. The molecule has 0 saturated carbocycles. The Balaban J connectivity index is 1.89. The van der Waals surface area contributed by atoms with Crippen molar-refractivity contribution in [1.29, 1.82) is 0 Å². The third-order valence-electron chi connectivity index (χ3n) is 5.30. The van der Waals surface area contributed by atoms with Crippen LogP contribution in [0.3, 0.4) is 0 Å². The van der Waals surface area contributed by atoms with E-state index in [0.717, 1.165) is 28.7 Å². The summed E-state index contributed by atoms with van der Waals surface area (Å²) in [5.74, 6) is -0.741. The van der Waals surface area contributed by atoms with Crippen molar-refractivity contribution in [3.05, 3.63) is 69.8 Å². The molecule has 1 aliphatic heterocycles. The van der Waals surface area contributed by atoms with Crippen LogP contribution in [-0.4, -0.2) is 40.0 Å². The van der Waals surface area contributed by atoms with E-state index in [1.165, 1.54) is 13.8 Å². The van der Waals surface area contributed by atoms with Crippen molar-refractivity contribution in [2.45, 2.75) is 46.1 Å². The van der Waals surface area contributed by atoms with E-state index in [9.17, 15) is 19.2 Å². The van der Waals surface area contributed by atoms with Crippen LogP contribution in [0.25, 0.3) is 0 Å². The van der Waals surface area contributed by atoms with Gasteiger partial charge < -0.3 is 4.90 Å². The second-order valence-corrected chi connectivity index (χ2v) is 8.05. The van der Waals surface area contributed by atoms with Crippen molar-refractivity contribution in [3.8, 4) is 0 Å². The summed E-state index contributed by atoms with van der Waals surface area (Å²) in [7, 11) is 0. The minimum Gasteiger partial charge on any atom is -0.334 e. The Hall–Kier alpha value is -3.32. The number of ketones is 2. The first kappa shape index (κ1) is 22.4. The highest BCUT2D eigenvalue weighted by Gasteiger charge is 2.22. The summed E-state index contributed by atoms with van der Waals surface area (Å²) in [6.45, 7) is 3.94. The molecule has 0 fully saturated rings. The van der Waals surface area contributed by atoms with Crippen LogP contribution in [0.5, 0.6) is 0 Å². The molecule has 2 amide bonds. The van der Waals surface area contributed by atoms with Gasteiger partial charge >= 0.3 is 0 Å². The Morgan fingerprint density at radius 1 is 0.903 bits per heavy atom. The van der Waals surface area contributed by atoms with Crippen molar-refractivity contribution in [1.82, 2.24) is 10.4 Å². The number of aryl methyl sites for hydroxylation is 1. The molecule has 0 radical (unpaired) electrons. The second kappa shape index (κ2) is 9.66. The predicted octanol–water partition coefficient (Wildman–Crippen LogP) is 2.66. The van der Waals surface area contributed by atoms with Gasteiger partial charge in [0, 0.05) is 37.1 Å². The highest BCUT2D eigenvalue weighted by Crippen LogP contribution is 2.23. The van der Waals surface area contributed by atoms with E-state index in [1.807, 2.05) is 6.07 Å². The average molecular weight is 422 g/mol. The highest BCUT2D eigenvalue weighted by molar-refractivity contribution is 5.96. The third-order valence-corrected chi connectivity index (χ3v) is 5.30. The standard InChI is InChI=1S/C24H26N2O5/c1-15(27)8-17-10-18(9-16(2)28)12-22(11-17)24(30)26-7-3-4-19-13-20(23(29)25-31)5-6-21(19)14-26/h5-6,10-13,31H,3-4,7-9,14H2,1-2H3,(H,25,29). The number of benzene rings is 2. The molecule has 0 saturated heterocycles. The molecule has 2 aromatic rings. The lowest BCUT2D eigenvalue weighted by molar-refractivity contribution is -0.117. The van der Waals surface area contributed by atoms with E-state index in [2.05, 4.69) is 0 Å². The minimum atomic E-state index is -0.569. The zero-order valence-corrected chi connectivity index (χ0v) is 17.7. The smallest absolute Gasteiger partial charge is 0.274 e. The summed E-state index contributed by atoms with van der Waals surface area (Å²) in [5, 5.41) is 8.85. The Bertz CT molecular complexity index is 1010. The first-order chi connectivity index (χ1) is 14.8. The van der Waals surface area contributed by atoms with Crippen molar-refractivity contribution >= 4 is 23.4 Å². The first-order valence-electron chi connectivity index (χ1n) is 10.2. The summed E-state index contributed by atoms with van der Waals surface area (Å²) in [6, 6.07) is 10.4. The van der Waals surface area contributed by atoms with Crippen LogP contribution in [0, 0.1) is 0 Å². The van der Waals surface area contributed by atoms with Gasteiger partial charge in [0.05, 0.1) is 0 Å². The monoisotopic (exact) mass is 422 g/mol. The number of nitrogens with zero attached hydrogens (tertiary/aromatic N) is 1. The number of carbonyl (C=O) groups is 4. The Kier molecular flexibility index (Phi) is 6.97. The highest BCUT2D eigenvalue weighted by atomic mass is 16.5. The van der Waals surface area contributed by atoms with Gasteiger partial charge in [0.15, 0.2) is 0 Å². The summed E-state index contributed by atoms with van der Waals surface area (Å²) in [4.78, 5) is 50.0. The van der Waals surface area contributed by atoms with Gasteiger partial charge in [-0.25, -0.2) is 5.48 Å². The summed E-state index contributed by atoms with van der Waals surface area (Å²) < 4.78 is 0. The SMILES string of the molecule is CC(=O)Cc1cc(CC(C)=O)cc(C(=O)N2CCCc3cc(C(=O)NO)ccc3C2)c1. The Labute approximate surface area is 181 Å². The number of rotatable bonds is 6. The number of hydrogen-bond donors (Lipinski definition) is 2. The van der Waals surface area contributed by atoms with Crippen LogP contribution in [0.2, 0.25) is 0 Å². The summed E-state index contributed by atoms with van der Waals surface area (Å²) in [5.41, 5.74) is 5.85. The number of Topliss-reactive ketones (excluding diaryl/α,β-unsaturated/α-hetero) is 2. The topological polar surface area (TPSA) is 104 Å². The quantitative estimate of drug-likeness (QED) is 0.550. The van der Waals surface area contributed by atoms with Crippen molar-refractivity contribution in [3.63, 3.8) is 0 Å². The summed E-state index contributed by atoms with van der Waals surface area (Å²) in [6.07, 6.45) is 1.87. The van der Waals surface area contributed by atoms with Crippen LogP contribution in [0.1, 0.15) is 63.2 Å². The lowest BCUT2D eigenvalue weighted by Crippen LogP contribution is -2.31. The molecule has 31 heavy (non-hydrogen) atoms. The third kappa shape index (κ3) is 5.64. The molecule has 0 spiro atoms. The van der Waals surface area contributed by atoms with E-state index in [0.29, 0.717) is 30.6 Å². The molecule has 0 unspecified atom stereocenters. The van der Waals surface area contributed by atoms with Crippen molar-refractivity contribution in [2.75, 3.05) is 6.54 Å². The zero-order valence-electron chi connectivity index (χ0n) is 17.7. The van der Waals surface area contributed by atoms with Crippen LogP contribution in [0.15, 0.2) is 36.4 Å². The normalized spacial score (nSPS) is 13.2. The van der Waals surface area contributed by atoms with Gasteiger partial charge in [-0.2, -0.15) is 0 Å². The van der Waals surface area contributed by atoms with Crippen LogP contribution < -0.4 is 5.48 Å². The van der Waals surface area contributed by atoms with Gasteiger partial charge in [-0.15, -0.1) is 0 Å². The second-order valence-electron chi connectivity index (χ2n) is 8.05. The maximum atomic E-state index is 13.3. The molecule has 2 N–H and O–H groups in total. The maximum absolute atomic E-state index is 13.3. The van der Waals surface area contributed by atoms with Gasteiger partial charge in [-0.05, 0) is 73.2 Å². The van der Waals surface area contributed by atoms with Gasteiger partial charge in [-0.1, -0.05) is 12.1 Å². The lowest BCUT2D eigenvalue weighted by Gasteiger charge is -2.22. The van der Waals surface area contributed by atoms with Gasteiger partial charge in [-0.3, -0.25) is 24.4 Å². The Morgan fingerprint density at radius 2 is 1.55 bits per heavy atom. The molecule has 1 heterocycles. The van der Waals surface area contributed by atoms with Gasteiger partial charge in [0.1, 0.15) is 11.6 Å². The molecule has 162 valence electrons. The van der Waals surface area contributed by atoms with E-state index < -0.39 is 5.91 Å². The van der Waals surface area contributed by atoms with Crippen molar-refractivity contribution in [2.24, 2.45) is 0 Å².